The highest BCUT2D eigenvalue weighted by atomic mass is 16.6. The molecule has 1 aromatic rings. The number of hydrogen-bond donors (Lipinski definition) is 1. The van der Waals surface area contributed by atoms with Crippen LogP contribution in [0.25, 0.3) is 0 Å². The van der Waals surface area contributed by atoms with Crippen LogP contribution in [0, 0.1) is 5.92 Å². The maximum Gasteiger partial charge on any atom is 0.410 e. The Morgan fingerprint density at radius 2 is 1.86 bits per heavy atom. The summed E-state index contributed by atoms with van der Waals surface area (Å²) in [6.07, 6.45) is -0.0196. The summed E-state index contributed by atoms with van der Waals surface area (Å²) >= 11 is 0. The maximum atomic E-state index is 12.3. The van der Waals surface area contributed by atoms with Crippen LogP contribution in [0.5, 0.6) is 0 Å². The summed E-state index contributed by atoms with van der Waals surface area (Å²) in [7, 11) is 0. The van der Waals surface area contributed by atoms with Crippen LogP contribution in [0.15, 0.2) is 30.3 Å². The lowest BCUT2D eigenvalue weighted by Gasteiger charge is -2.30. The van der Waals surface area contributed by atoms with E-state index in [1.807, 2.05) is 30.3 Å². The minimum absolute atomic E-state index is 0.394. The molecular formula is C16H21NO4. The quantitative estimate of drug-likeness (QED) is 0.909. The van der Waals surface area contributed by atoms with Crippen molar-refractivity contribution in [2.24, 2.45) is 5.92 Å². The van der Waals surface area contributed by atoms with E-state index >= 15 is 0 Å². The smallest absolute Gasteiger partial charge is 0.410 e. The molecule has 1 aliphatic heterocycles. The summed E-state index contributed by atoms with van der Waals surface area (Å²) in [6.45, 7) is 5.79. The van der Waals surface area contributed by atoms with Crippen molar-refractivity contribution < 1.29 is 19.4 Å². The molecule has 1 fully saturated rings. The van der Waals surface area contributed by atoms with Gasteiger partial charge < -0.3 is 14.7 Å². The summed E-state index contributed by atoms with van der Waals surface area (Å²) in [5, 5.41) is 9.40. The molecule has 1 aliphatic rings. The molecule has 114 valence electrons. The Balaban J connectivity index is 2.28. The molecule has 0 bridgehead atoms. The van der Waals surface area contributed by atoms with Crippen LogP contribution >= 0.6 is 0 Å². The highest BCUT2D eigenvalue weighted by Crippen LogP contribution is 2.38. The molecule has 5 heteroatoms. The van der Waals surface area contributed by atoms with Gasteiger partial charge in [-0.1, -0.05) is 30.3 Å². The maximum absolute atomic E-state index is 12.3. The number of carbonyl (C=O) groups excluding carboxylic acids is 1. The second kappa shape index (κ2) is 5.76. The number of nitrogens with zero attached hydrogens (tertiary/aromatic N) is 1. The van der Waals surface area contributed by atoms with E-state index < -0.39 is 29.6 Å². The Morgan fingerprint density at radius 3 is 2.38 bits per heavy atom. The molecule has 2 rings (SSSR count). The lowest BCUT2D eigenvalue weighted by atomic mass is 9.94. The first-order chi connectivity index (χ1) is 9.79. The third-order valence-electron chi connectivity index (χ3n) is 3.48. The second-order valence-electron chi connectivity index (χ2n) is 6.26. The van der Waals surface area contributed by atoms with E-state index in [1.54, 1.807) is 20.8 Å². The standard InChI is InChI=1S/C16H21NO4/c1-16(2,3)21-15(20)17-10-9-12(14(18)19)13(17)11-7-5-4-6-8-11/h4-8,12-13H,9-10H2,1-3H3,(H,18,19)/t12-,13+/m0/s1. The SMILES string of the molecule is CC(C)(C)OC(=O)N1CC[C@H](C(=O)O)[C@H]1c1ccccc1. The van der Waals surface area contributed by atoms with Crippen LogP contribution in [0.2, 0.25) is 0 Å². The number of carbonyl (C=O) groups is 2. The van der Waals surface area contributed by atoms with Gasteiger partial charge in [-0.05, 0) is 32.8 Å². The van der Waals surface area contributed by atoms with Gasteiger partial charge in [0, 0.05) is 6.54 Å². The van der Waals surface area contributed by atoms with Crippen LogP contribution in [0.1, 0.15) is 38.8 Å². The van der Waals surface area contributed by atoms with Gasteiger partial charge in [0.2, 0.25) is 0 Å². The zero-order valence-corrected chi connectivity index (χ0v) is 12.6. The van der Waals surface area contributed by atoms with Gasteiger partial charge in [0.15, 0.2) is 0 Å². The average molecular weight is 291 g/mol. The fourth-order valence-corrected chi connectivity index (χ4v) is 2.64. The summed E-state index contributed by atoms with van der Waals surface area (Å²) in [4.78, 5) is 25.3. The van der Waals surface area contributed by atoms with Crippen LogP contribution in [0.3, 0.4) is 0 Å². The summed E-state index contributed by atoms with van der Waals surface area (Å²) in [5.41, 5.74) is 0.230. The molecule has 0 aromatic heterocycles. The second-order valence-corrected chi connectivity index (χ2v) is 6.26. The minimum atomic E-state index is -0.880. The van der Waals surface area contributed by atoms with Gasteiger partial charge >= 0.3 is 12.1 Å². The summed E-state index contributed by atoms with van der Waals surface area (Å²) in [5.74, 6) is -1.48. The number of amides is 1. The van der Waals surface area contributed by atoms with Gasteiger partial charge in [0.05, 0.1) is 12.0 Å². The molecule has 5 nitrogen and oxygen atoms in total. The van der Waals surface area contributed by atoms with Crippen molar-refractivity contribution in [3.05, 3.63) is 35.9 Å². The minimum Gasteiger partial charge on any atom is -0.481 e. The number of aliphatic carboxylic acids is 1. The van der Waals surface area contributed by atoms with Crippen LogP contribution in [0.4, 0.5) is 4.79 Å². The lowest BCUT2D eigenvalue weighted by Crippen LogP contribution is -2.38. The molecule has 1 aromatic carbocycles. The normalized spacial score (nSPS) is 22.1. The molecule has 1 N–H and O–H groups in total. The van der Waals surface area contributed by atoms with E-state index in [1.165, 1.54) is 4.90 Å². The Morgan fingerprint density at radius 1 is 1.24 bits per heavy atom. The molecule has 2 atom stereocenters. The Kier molecular flexibility index (Phi) is 4.21. The highest BCUT2D eigenvalue weighted by Gasteiger charge is 2.43. The fraction of sp³-hybridized carbons (Fsp3) is 0.500. The van der Waals surface area contributed by atoms with Gasteiger partial charge in [0.25, 0.3) is 0 Å². The number of likely N-dealkylation sites (tertiary alicyclic amines) is 1. The van der Waals surface area contributed by atoms with Gasteiger partial charge in [0.1, 0.15) is 5.60 Å². The molecule has 0 spiro atoms. The Bertz CT molecular complexity index is 521. The molecule has 1 amide bonds. The molecule has 0 aliphatic carbocycles. The van der Waals surface area contributed by atoms with Crippen molar-refractivity contribution in [3.8, 4) is 0 Å². The van der Waals surface area contributed by atoms with E-state index in [2.05, 4.69) is 0 Å². The highest BCUT2D eigenvalue weighted by molar-refractivity contribution is 5.76. The molecule has 0 radical (unpaired) electrons. The number of benzene rings is 1. The van der Waals surface area contributed by atoms with Gasteiger partial charge in [-0.2, -0.15) is 0 Å². The zero-order chi connectivity index (χ0) is 15.6. The van der Waals surface area contributed by atoms with E-state index in [0.717, 1.165) is 5.56 Å². The zero-order valence-electron chi connectivity index (χ0n) is 12.6. The number of ether oxygens (including phenoxy) is 1. The van der Waals surface area contributed by atoms with E-state index in [9.17, 15) is 14.7 Å². The van der Waals surface area contributed by atoms with E-state index in [4.69, 9.17) is 4.74 Å². The van der Waals surface area contributed by atoms with Crippen LogP contribution < -0.4 is 0 Å². The van der Waals surface area contributed by atoms with E-state index in [0.29, 0.717) is 13.0 Å². The first-order valence-electron chi connectivity index (χ1n) is 7.07. The summed E-state index contributed by atoms with van der Waals surface area (Å²) < 4.78 is 5.40. The largest absolute Gasteiger partial charge is 0.481 e. The third kappa shape index (κ3) is 3.54. The molecule has 1 heterocycles. The molecular weight excluding hydrogens is 270 g/mol. The Hall–Kier alpha value is -2.04. The number of carboxylic acid groups (broad SMARTS) is 1. The van der Waals surface area contributed by atoms with Crippen LogP contribution in [-0.2, 0) is 9.53 Å². The van der Waals surface area contributed by atoms with Crippen molar-refractivity contribution in [1.82, 2.24) is 4.90 Å². The fourth-order valence-electron chi connectivity index (χ4n) is 2.64. The Labute approximate surface area is 124 Å². The lowest BCUT2D eigenvalue weighted by molar-refractivity contribution is -0.142. The molecule has 0 saturated carbocycles. The predicted molar refractivity (Wildman–Crippen MR) is 77.9 cm³/mol. The van der Waals surface area contributed by atoms with Crippen molar-refractivity contribution in [2.75, 3.05) is 6.54 Å². The molecule has 0 unspecified atom stereocenters. The number of rotatable bonds is 2. The number of carboxylic acids is 1. The van der Waals surface area contributed by atoms with Crippen molar-refractivity contribution in [2.45, 2.75) is 38.8 Å². The van der Waals surface area contributed by atoms with Crippen molar-refractivity contribution in [1.29, 1.82) is 0 Å². The third-order valence-corrected chi connectivity index (χ3v) is 3.48. The van der Waals surface area contributed by atoms with Gasteiger partial charge in [-0.3, -0.25) is 4.79 Å². The summed E-state index contributed by atoms with van der Waals surface area (Å²) in [6, 6.07) is 8.79. The van der Waals surface area contributed by atoms with Gasteiger partial charge in [-0.15, -0.1) is 0 Å². The molecule has 21 heavy (non-hydrogen) atoms. The average Bonchev–Trinajstić information content (AvgIpc) is 2.82. The first kappa shape index (κ1) is 15.4. The molecule has 1 saturated heterocycles. The first-order valence-corrected chi connectivity index (χ1v) is 7.07. The van der Waals surface area contributed by atoms with Crippen molar-refractivity contribution in [3.63, 3.8) is 0 Å². The number of hydrogen-bond acceptors (Lipinski definition) is 3. The predicted octanol–water partition coefficient (Wildman–Crippen LogP) is 3.07. The topological polar surface area (TPSA) is 66.8 Å². The van der Waals surface area contributed by atoms with Gasteiger partial charge in [-0.25, -0.2) is 4.79 Å². The van der Waals surface area contributed by atoms with Crippen LogP contribution in [-0.4, -0.2) is 34.2 Å². The van der Waals surface area contributed by atoms with Crippen molar-refractivity contribution >= 4 is 12.1 Å². The monoisotopic (exact) mass is 291 g/mol. The van der Waals surface area contributed by atoms with E-state index in [-0.39, 0.29) is 0 Å².